The molecule has 18 heavy (non-hydrogen) atoms. The maximum atomic E-state index is 3.52. The highest BCUT2D eigenvalue weighted by Gasteiger charge is 2.01. The number of halogens is 1. The molecule has 0 atom stereocenters. The third kappa shape index (κ3) is 6.58. The molecule has 0 saturated carbocycles. The van der Waals surface area contributed by atoms with E-state index in [2.05, 4.69) is 47.1 Å². The molecule has 0 aliphatic carbocycles. The number of unbranched alkanes of at least 4 members (excludes halogenated alkanes) is 5. The van der Waals surface area contributed by atoms with Gasteiger partial charge in [0.15, 0.2) is 0 Å². The second kappa shape index (κ2) is 10.6. The highest BCUT2D eigenvalue weighted by atomic mass is 79.9. The minimum atomic E-state index is 1.11. The molecule has 1 aromatic carbocycles. The van der Waals surface area contributed by atoms with Crippen LogP contribution in [0, 0.1) is 0 Å². The molecule has 0 heterocycles. The van der Waals surface area contributed by atoms with Gasteiger partial charge in [0.1, 0.15) is 0 Å². The zero-order chi connectivity index (χ0) is 13.1. The predicted molar refractivity (Wildman–Crippen MR) is 85.6 cm³/mol. The molecule has 0 aliphatic rings. The van der Waals surface area contributed by atoms with Crippen molar-refractivity contribution in [2.24, 2.45) is 0 Å². The van der Waals surface area contributed by atoms with Crippen molar-refractivity contribution in [1.29, 1.82) is 0 Å². The molecule has 0 saturated heterocycles. The van der Waals surface area contributed by atoms with Gasteiger partial charge in [0.2, 0.25) is 0 Å². The Morgan fingerprint density at radius 3 is 1.94 bits per heavy atom. The highest BCUT2D eigenvalue weighted by molar-refractivity contribution is 9.09. The molecule has 0 amide bonds. The minimum Gasteiger partial charge on any atom is -0.0928 e. The van der Waals surface area contributed by atoms with E-state index in [0.29, 0.717) is 0 Å². The third-order valence-corrected chi connectivity index (χ3v) is 4.06. The van der Waals surface area contributed by atoms with Crippen LogP contribution in [-0.4, -0.2) is 5.33 Å². The Hall–Kier alpha value is -0.300. The fraction of sp³-hybridized carbons (Fsp3) is 0.647. The van der Waals surface area contributed by atoms with Crippen molar-refractivity contribution in [1.82, 2.24) is 0 Å². The van der Waals surface area contributed by atoms with Crippen molar-refractivity contribution in [3.05, 3.63) is 35.4 Å². The van der Waals surface area contributed by atoms with Gasteiger partial charge in [-0.2, -0.15) is 0 Å². The number of rotatable bonds is 10. The Labute approximate surface area is 121 Å². The largest absolute Gasteiger partial charge is 0.0928 e. The van der Waals surface area contributed by atoms with E-state index < -0.39 is 0 Å². The van der Waals surface area contributed by atoms with Gasteiger partial charge in [-0.3, -0.25) is 0 Å². The van der Waals surface area contributed by atoms with Gasteiger partial charge in [0.25, 0.3) is 0 Å². The summed E-state index contributed by atoms with van der Waals surface area (Å²) in [4.78, 5) is 0. The number of benzene rings is 1. The lowest BCUT2D eigenvalue weighted by Crippen LogP contribution is -1.95. The van der Waals surface area contributed by atoms with Gasteiger partial charge >= 0.3 is 0 Å². The fourth-order valence-corrected chi connectivity index (χ4v) is 2.68. The number of alkyl halides is 1. The van der Waals surface area contributed by atoms with E-state index in [1.807, 2.05) is 0 Å². The molecule has 102 valence electrons. The van der Waals surface area contributed by atoms with E-state index >= 15 is 0 Å². The normalized spacial score (nSPS) is 10.8. The molecule has 1 heteroatoms. The van der Waals surface area contributed by atoms with E-state index in [-0.39, 0.29) is 0 Å². The lowest BCUT2D eigenvalue weighted by Gasteiger charge is -2.08. The topological polar surface area (TPSA) is 0 Å². The summed E-state index contributed by atoms with van der Waals surface area (Å²) in [5, 5.41) is 1.11. The second-order valence-electron chi connectivity index (χ2n) is 5.08. The van der Waals surface area contributed by atoms with Crippen LogP contribution in [0.1, 0.15) is 63.0 Å². The van der Waals surface area contributed by atoms with E-state index in [4.69, 9.17) is 0 Å². The highest BCUT2D eigenvalue weighted by Crippen LogP contribution is 2.16. The van der Waals surface area contributed by atoms with Gasteiger partial charge in [-0.25, -0.2) is 0 Å². The number of hydrogen-bond donors (Lipinski definition) is 0. The van der Waals surface area contributed by atoms with Crippen LogP contribution in [0.15, 0.2) is 24.3 Å². The summed E-state index contributed by atoms with van der Waals surface area (Å²) < 4.78 is 0. The van der Waals surface area contributed by atoms with Gasteiger partial charge in [0.05, 0.1) is 0 Å². The van der Waals surface area contributed by atoms with Crippen molar-refractivity contribution in [3.8, 4) is 0 Å². The molecule has 0 radical (unpaired) electrons. The lowest BCUT2D eigenvalue weighted by molar-refractivity contribution is 0.606. The summed E-state index contributed by atoms with van der Waals surface area (Å²) in [5.41, 5.74) is 3.14. The summed E-state index contributed by atoms with van der Waals surface area (Å²) in [6.45, 7) is 2.28. The Kier molecular flexibility index (Phi) is 9.28. The number of aryl methyl sites for hydroxylation is 2. The molecule has 0 unspecified atom stereocenters. The summed E-state index contributed by atoms with van der Waals surface area (Å²) in [6, 6.07) is 8.98. The summed E-state index contributed by atoms with van der Waals surface area (Å²) in [6.07, 6.45) is 12.1. The summed E-state index contributed by atoms with van der Waals surface area (Å²) in [7, 11) is 0. The van der Waals surface area contributed by atoms with Gasteiger partial charge in [0, 0.05) is 5.33 Å². The van der Waals surface area contributed by atoms with E-state index in [1.54, 1.807) is 11.1 Å². The van der Waals surface area contributed by atoms with E-state index in [0.717, 1.165) is 5.33 Å². The first kappa shape index (κ1) is 15.8. The van der Waals surface area contributed by atoms with Crippen molar-refractivity contribution in [3.63, 3.8) is 0 Å². The Balaban J connectivity index is 2.27. The average Bonchev–Trinajstić information content (AvgIpc) is 2.41. The van der Waals surface area contributed by atoms with Crippen LogP contribution in [-0.2, 0) is 12.8 Å². The quantitative estimate of drug-likeness (QED) is 0.372. The van der Waals surface area contributed by atoms with Crippen LogP contribution in [0.25, 0.3) is 0 Å². The first-order valence-corrected chi connectivity index (χ1v) is 8.63. The van der Waals surface area contributed by atoms with Gasteiger partial charge < -0.3 is 0 Å². The van der Waals surface area contributed by atoms with Crippen molar-refractivity contribution >= 4 is 15.9 Å². The zero-order valence-electron chi connectivity index (χ0n) is 11.8. The maximum Gasteiger partial charge on any atom is 0.00344 e. The standard InChI is InChI=1S/C17H27Br/c1-2-3-4-5-6-7-11-16-12-8-9-13-17(16)14-10-15-18/h8-9,12-13H,2-7,10-11,14-15H2,1H3. The number of hydrogen-bond acceptors (Lipinski definition) is 0. The molecule has 0 N–H and O–H groups in total. The van der Waals surface area contributed by atoms with Crippen LogP contribution >= 0.6 is 15.9 Å². The van der Waals surface area contributed by atoms with Gasteiger partial charge in [-0.1, -0.05) is 79.2 Å². The molecule has 0 spiro atoms. The monoisotopic (exact) mass is 310 g/mol. The second-order valence-corrected chi connectivity index (χ2v) is 5.87. The molecule has 0 fully saturated rings. The fourth-order valence-electron chi connectivity index (χ4n) is 2.40. The van der Waals surface area contributed by atoms with Crippen molar-refractivity contribution in [2.75, 3.05) is 5.33 Å². The van der Waals surface area contributed by atoms with E-state index in [1.165, 1.54) is 57.8 Å². The first-order chi connectivity index (χ1) is 8.88. The van der Waals surface area contributed by atoms with Gasteiger partial charge in [-0.05, 0) is 36.8 Å². The van der Waals surface area contributed by atoms with Crippen molar-refractivity contribution in [2.45, 2.75) is 64.7 Å². The average molecular weight is 311 g/mol. The van der Waals surface area contributed by atoms with Crippen molar-refractivity contribution < 1.29 is 0 Å². The van der Waals surface area contributed by atoms with Gasteiger partial charge in [-0.15, -0.1) is 0 Å². The molecule has 0 aromatic heterocycles. The maximum absolute atomic E-state index is 3.52. The molecule has 1 aromatic rings. The molecular weight excluding hydrogens is 284 g/mol. The Morgan fingerprint density at radius 2 is 1.33 bits per heavy atom. The molecule has 0 aliphatic heterocycles. The Morgan fingerprint density at radius 1 is 0.778 bits per heavy atom. The molecule has 0 bridgehead atoms. The van der Waals surface area contributed by atoms with Crippen LogP contribution in [0.3, 0.4) is 0 Å². The van der Waals surface area contributed by atoms with Crippen LogP contribution in [0.2, 0.25) is 0 Å². The minimum absolute atomic E-state index is 1.11. The lowest BCUT2D eigenvalue weighted by atomic mass is 9.98. The van der Waals surface area contributed by atoms with Crippen LogP contribution < -0.4 is 0 Å². The first-order valence-electron chi connectivity index (χ1n) is 7.51. The summed E-state index contributed by atoms with van der Waals surface area (Å²) in [5.74, 6) is 0. The van der Waals surface area contributed by atoms with Crippen LogP contribution in [0.5, 0.6) is 0 Å². The SMILES string of the molecule is CCCCCCCCc1ccccc1CCCBr. The third-order valence-electron chi connectivity index (χ3n) is 3.50. The van der Waals surface area contributed by atoms with E-state index in [9.17, 15) is 0 Å². The zero-order valence-corrected chi connectivity index (χ0v) is 13.3. The molecule has 0 nitrogen and oxygen atoms in total. The molecule has 1 rings (SSSR count). The predicted octanol–water partition coefficient (Wildman–Crippen LogP) is 5.92. The Bertz CT molecular complexity index is 306. The summed E-state index contributed by atoms with van der Waals surface area (Å²) >= 11 is 3.52. The molecular formula is C17H27Br. The van der Waals surface area contributed by atoms with Crippen LogP contribution in [0.4, 0.5) is 0 Å². The smallest absolute Gasteiger partial charge is 0.00344 e.